The average Bonchev–Trinajstić information content (AvgIpc) is 2.58. The van der Waals surface area contributed by atoms with Gasteiger partial charge in [-0.25, -0.2) is 9.59 Å². The molecule has 0 unspecified atom stereocenters. The van der Waals surface area contributed by atoms with Crippen molar-refractivity contribution in [1.82, 2.24) is 0 Å². The van der Waals surface area contributed by atoms with Gasteiger partial charge >= 0.3 is 11.9 Å². The van der Waals surface area contributed by atoms with Crippen LogP contribution in [0.5, 0.6) is 11.5 Å². The van der Waals surface area contributed by atoms with Gasteiger partial charge in [0, 0.05) is 24.3 Å². The maximum atomic E-state index is 11.7. The van der Waals surface area contributed by atoms with E-state index in [1.807, 2.05) is 0 Å². The highest BCUT2D eigenvalue weighted by atomic mass is 35.5. The number of carbonyl (C=O) groups is 2. The number of esters is 2. The van der Waals surface area contributed by atoms with Gasteiger partial charge in [0.15, 0.2) is 5.75 Å². The molecular formula is C16H9Cl2NO6. The third-order valence-corrected chi connectivity index (χ3v) is 3.55. The lowest BCUT2D eigenvalue weighted by Crippen LogP contribution is -2.08. The van der Waals surface area contributed by atoms with Crippen LogP contribution in [-0.2, 0) is 9.59 Å². The monoisotopic (exact) mass is 381 g/mol. The van der Waals surface area contributed by atoms with Gasteiger partial charge in [0.25, 0.3) is 5.69 Å². The summed E-state index contributed by atoms with van der Waals surface area (Å²) in [5.74, 6) is -1.58. The van der Waals surface area contributed by atoms with Gasteiger partial charge < -0.3 is 9.47 Å². The van der Waals surface area contributed by atoms with Gasteiger partial charge in [-0.1, -0.05) is 29.3 Å². The first-order valence-corrected chi connectivity index (χ1v) is 7.42. The van der Waals surface area contributed by atoms with Crippen molar-refractivity contribution in [1.29, 1.82) is 0 Å². The summed E-state index contributed by atoms with van der Waals surface area (Å²) in [5.41, 5.74) is -0.141. The van der Waals surface area contributed by atoms with E-state index in [1.54, 1.807) is 6.07 Å². The largest absolute Gasteiger partial charge is 0.423 e. The van der Waals surface area contributed by atoms with Crippen molar-refractivity contribution in [2.24, 2.45) is 0 Å². The number of carbonyl (C=O) groups excluding carboxylic acids is 2. The molecule has 2 aromatic carbocycles. The number of benzene rings is 2. The highest BCUT2D eigenvalue weighted by Crippen LogP contribution is 2.31. The molecule has 0 heterocycles. The molecule has 0 aliphatic heterocycles. The van der Waals surface area contributed by atoms with Crippen molar-refractivity contribution < 1.29 is 24.0 Å². The summed E-state index contributed by atoms with van der Waals surface area (Å²) in [4.78, 5) is 33.2. The van der Waals surface area contributed by atoms with E-state index in [-0.39, 0.29) is 27.2 Å². The lowest BCUT2D eigenvalue weighted by Gasteiger charge is -2.04. The molecule has 25 heavy (non-hydrogen) atoms. The minimum absolute atomic E-state index is 0.0487. The quantitative estimate of drug-likeness (QED) is 0.255. The van der Waals surface area contributed by atoms with E-state index in [1.165, 1.54) is 36.4 Å². The average molecular weight is 382 g/mol. The molecule has 9 heteroatoms. The molecule has 0 spiro atoms. The second kappa shape index (κ2) is 8.27. The molecule has 0 N–H and O–H groups in total. The lowest BCUT2D eigenvalue weighted by atomic mass is 10.3. The molecule has 2 aromatic rings. The Morgan fingerprint density at radius 2 is 1.56 bits per heavy atom. The Hall–Kier alpha value is -2.90. The van der Waals surface area contributed by atoms with Crippen LogP contribution in [0.25, 0.3) is 0 Å². The van der Waals surface area contributed by atoms with Gasteiger partial charge in [0.05, 0.1) is 9.95 Å². The molecule has 0 aliphatic rings. The first kappa shape index (κ1) is 18.4. The zero-order valence-corrected chi connectivity index (χ0v) is 13.9. The van der Waals surface area contributed by atoms with Crippen LogP contribution in [0, 0.1) is 10.1 Å². The van der Waals surface area contributed by atoms with Crippen LogP contribution in [0.4, 0.5) is 5.69 Å². The van der Waals surface area contributed by atoms with Crippen LogP contribution < -0.4 is 9.47 Å². The Morgan fingerprint density at radius 1 is 0.960 bits per heavy atom. The molecule has 0 fully saturated rings. The molecule has 7 nitrogen and oxygen atoms in total. The number of nitro benzene ring substituents is 1. The van der Waals surface area contributed by atoms with E-state index in [9.17, 15) is 19.7 Å². The molecule has 0 aromatic heterocycles. The molecule has 128 valence electrons. The number of hydrogen-bond acceptors (Lipinski definition) is 6. The highest BCUT2D eigenvalue weighted by Gasteiger charge is 2.10. The van der Waals surface area contributed by atoms with Gasteiger partial charge in [0.2, 0.25) is 0 Å². The smallest absolute Gasteiger partial charge is 0.336 e. The van der Waals surface area contributed by atoms with Crippen molar-refractivity contribution in [3.63, 3.8) is 0 Å². The fraction of sp³-hybridized carbons (Fsp3) is 0. The fourth-order valence-corrected chi connectivity index (χ4v) is 1.96. The molecular weight excluding hydrogens is 373 g/mol. The molecule has 0 bridgehead atoms. The fourth-order valence-electron chi connectivity index (χ4n) is 1.63. The molecule has 0 radical (unpaired) electrons. The molecule has 2 rings (SSSR count). The number of ether oxygens (including phenoxy) is 2. The molecule has 0 aliphatic carbocycles. The minimum atomic E-state index is -0.858. The topological polar surface area (TPSA) is 95.7 Å². The van der Waals surface area contributed by atoms with Gasteiger partial charge in [-0.3, -0.25) is 10.1 Å². The number of hydrogen-bond donors (Lipinski definition) is 0. The summed E-state index contributed by atoms with van der Waals surface area (Å²) in [7, 11) is 0. The van der Waals surface area contributed by atoms with Crippen molar-refractivity contribution in [3.05, 3.63) is 74.8 Å². The number of nitrogens with zero attached hydrogens (tertiary/aromatic N) is 1. The number of non-ortho nitro benzene ring substituents is 1. The van der Waals surface area contributed by atoms with Crippen molar-refractivity contribution in [3.8, 4) is 11.5 Å². The highest BCUT2D eigenvalue weighted by molar-refractivity contribution is 6.43. The molecule has 0 saturated heterocycles. The summed E-state index contributed by atoms with van der Waals surface area (Å²) in [6.07, 6.45) is 1.70. The van der Waals surface area contributed by atoms with Crippen LogP contribution in [0.3, 0.4) is 0 Å². The zero-order valence-electron chi connectivity index (χ0n) is 12.3. The first-order valence-electron chi connectivity index (χ1n) is 6.67. The SMILES string of the molecule is O=C(/C=C/C(=O)Oc1cccc(Cl)c1Cl)Oc1ccc([N+](=O)[O-])cc1. The third kappa shape index (κ3) is 5.30. The second-order valence-electron chi connectivity index (χ2n) is 4.48. The van der Waals surface area contributed by atoms with E-state index in [0.717, 1.165) is 12.2 Å². The van der Waals surface area contributed by atoms with Crippen molar-refractivity contribution in [2.45, 2.75) is 0 Å². The Kier molecular flexibility index (Phi) is 6.10. The molecule has 0 amide bonds. The van der Waals surface area contributed by atoms with E-state index in [4.69, 9.17) is 32.7 Å². The van der Waals surface area contributed by atoms with Crippen LogP contribution in [0.2, 0.25) is 10.0 Å². The van der Waals surface area contributed by atoms with Crippen LogP contribution in [0.15, 0.2) is 54.6 Å². The van der Waals surface area contributed by atoms with E-state index in [2.05, 4.69) is 0 Å². The molecule has 0 atom stereocenters. The van der Waals surface area contributed by atoms with Crippen molar-refractivity contribution in [2.75, 3.05) is 0 Å². The summed E-state index contributed by atoms with van der Waals surface area (Å²) < 4.78 is 9.83. The minimum Gasteiger partial charge on any atom is -0.423 e. The second-order valence-corrected chi connectivity index (χ2v) is 5.26. The summed E-state index contributed by atoms with van der Waals surface area (Å²) in [6.45, 7) is 0. The van der Waals surface area contributed by atoms with Gasteiger partial charge in [-0.2, -0.15) is 0 Å². The van der Waals surface area contributed by atoms with Gasteiger partial charge in [-0.15, -0.1) is 0 Å². The Bertz CT molecular complexity index is 848. The normalized spacial score (nSPS) is 10.5. The first-order chi connectivity index (χ1) is 11.9. The molecule has 0 saturated carbocycles. The standard InChI is InChI=1S/C16H9Cl2NO6/c17-12-2-1-3-13(16(12)18)25-15(21)9-8-14(20)24-11-6-4-10(5-7-11)19(22)23/h1-9H/b9-8+. The maximum absolute atomic E-state index is 11.7. The Labute approximate surface area is 151 Å². The van der Waals surface area contributed by atoms with Crippen LogP contribution in [-0.4, -0.2) is 16.9 Å². The van der Waals surface area contributed by atoms with Gasteiger partial charge in [-0.05, 0) is 24.3 Å². The van der Waals surface area contributed by atoms with E-state index < -0.39 is 16.9 Å². The lowest BCUT2D eigenvalue weighted by molar-refractivity contribution is -0.384. The predicted octanol–water partition coefficient (Wildman–Crippen LogP) is 3.97. The number of nitro groups is 1. The predicted molar refractivity (Wildman–Crippen MR) is 90.0 cm³/mol. The Morgan fingerprint density at radius 3 is 2.16 bits per heavy atom. The zero-order chi connectivity index (χ0) is 18.4. The number of rotatable bonds is 5. The summed E-state index contributed by atoms with van der Waals surface area (Å²) in [5, 5.41) is 10.8. The maximum Gasteiger partial charge on any atom is 0.336 e. The Balaban J connectivity index is 1.94. The van der Waals surface area contributed by atoms with E-state index in [0.29, 0.717) is 0 Å². The number of halogens is 2. The van der Waals surface area contributed by atoms with Crippen LogP contribution >= 0.6 is 23.2 Å². The summed E-state index contributed by atoms with van der Waals surface area (Å²) in [6, 6.07) is 9.39. The van der Waals surface area contributed by atoms with Crippen molar-refractivity contribution >= 4 is 40.8 Å². The van der Waals surface area contributed by atoms with Gasteiger partial charge in [0.1, 0.15) is 10.8 Å². The van der Waals surface area contributed by atoms with E-state index >= 15 is 0 Å². The van der Waals surface area contributed by atoms with Crippen LogP contribution in [0.1, 0.15) is 0 Å². The third-order valence-electron chi connectivity index (χ3n) is 2.75. The summed E-state index contributed by atoms with van der Waals surface area (Å²) >= 11 is 11.7.